The van der Waals surface area contributed by atoms with Crippen molar-refractivity contribution in [3.8, 4) is 5.75 Å². The summed E-state index contributed by atoms with van der Waals surface area (Å²) in [6, 6.07) is 21.7. The highest BCUT2D eigenvalue weighted by molar-refractivity contribution is 6.32. The van der Waals surface area contributed by atoms with Crippen molar-refractivity contribution in [2.45, 2.75) is 13.2 Å². The minimum absolute atomic E-state index is 0.0280. The quantitative estimate of drug-likeness (QED) is 0.370. The molecule has 1 heterocycles. The Labute approximate surface area is 197 Å². The third-order valence-electron chi connectivity index (χ3n) is 5.63. The van der Waals surface area contributed by atoms with Gasteiger partial charge in [-0.05, 0) is 29.3 Å². The molecule has 0 bridgehead atoms. The van der Waals surface area contributed by atoms with Gasteiger partial charge in [0, 0.05) is 50.4 Å². The molecule has 8 heteroatoms. The predicted octanol–water partition coefficient (Wildman–Crippen LogP) is 4.79. The molecule has 4 rings (SSSR count). The zero-order valence-corrected chi connectivity index (χ0v) is 18.8. The van der Waals surface area contributed by atoms with Gasteiger partial charge in [-0.25, -0.2) is 0 Å². The SMILES string of the molecule is O=C(c1ccc(COc2ccc([N+](=O)[O-])cc2Cl)cc1)N1CCN(Cc2ccccc2)CC1. The van der Waals surface area contributed by atoms with Crippen LogP contribution in [0.4, 0.5) is 5.69 Å². The second-order valence-electron chi connectivity index (χ2n) is 7.91. The maximum atomic E-state index is 12.9. The molecular weight excluding hydrogens is 442 g/mol. The van der Waals surface area contributed by atoms with E-state index in [9.17, 15) is 14.9 Å². The molecule has 1 aliphatic rings. The van der Waals surface area contributed by atoms with Gasteiger partial charge in [0.05, 0.1) is 9.95 Å². The van der Waals surface area contributed by atoms with Crippen LogP contribution in [0.5, 0.6) is 5.75 Å². The fourth-order valence-electron chi connectivity index (χ4n) is 3.76. The van der Waals surface area contributed by atoms with Crippen LogP contribution in [0.1, 0.15) is 21.5 Å². The van der Waals surface area contributed by atoms with Gasteiger partial charge in [0.15, 0.2) is 0 Å². The number of non-ortho nitro benzene ring substituents is 1. The van der Waals surface area contributed by atoms with Gasteiger partial charge in [-0.1, -0.05) is 54.1 Å². The highest BCUT2D eigenvalue weighted by Crippen LogP contribution is 2.29. The Morgan fingerprint density at radius 2 is 1.64 bits per heavy atom. The van der Waals surface area contributed by atoms with Crippen LogP contribution in [0.25, 0.3) is 0 Å². The number of benzene rings is 3. The van der Waals surface area contributed by atoms with Crippen molar-refractivity contribution in [1.29, 1.82) is 0 Å². The smallest absolute Gasteiger partial charge is 0.271 e. The van der Waals surface area contributed by atoms with Crippen LogP contribution in [0.2, 0.25) is 5.02 Å². The van der Waals surface area contributed by atoms with Crippen LogP contribution >= 0.6 is 11.6 Å². The Morgan fingerprint density at radius 3 is 2.27 bits per heavy atom. The van der Waals surface area contributed by atoms with Crippen LogP contribution in [-0.2, 0) is 13.2 Å². The molecule has 7 nitrogen and oxygen atoms in total. The van der Waals surface area contributed by atoms with Gasteiger partial charge < -0.3 is 9.64 Å². The van der Waals surface area contributed by atoms with E-state index in [1.165, 1.54) is 23.8 Å². The van der Waals surface area contributed by atoms with E-state index < -0.39 is 4.92 Å². The molecule has 0 atom stereocenters. The first-order valence-corrected chi connectivity index (χ1v) is 11.1. The molecule has 1 fully saturated rings. The van der Waals surface area contributed by atoms with Crippen molar-refractivity contribution >= 4 is 23.2 Å². The number of amides is 1. The van der Waals surface area contributed by atoms with E-state index in [0.29, 0.717) is 24.4 Å². The average molecular weight is 466 g/mol. The lowest BCUT2D eigenvalue weighted by Crippen LogP contribution is -2.48. The maximum absolute atomic E-state index is 12.9. The second kappa shape index (κ2) is 10.5. The molecular formula is C25H24ClN3O4. The van der Waals surface area contributed by atoms with Crippen molar-refractivity contribution in [1.82, 2.24) is 9.80 Å². The van der Waals surface area contributed by atoms with Crippen LogP contribution in [0.3, 0.4) is 0 Å². The number of hydrogen-bond donors (Lipinski definition) is 0. The highest BCUT2D eigenvalue weighted by Gasteiger charge is 2.22. The van der Waals surface area contributed by atoms with Crippen molar-refractivity contribution in [3.63, 3.8) is 0 Å². The number of rotatable bonds is 7. The zero-order chi connectivity index (χ0) is 23.2. The van der Waals surface area contributed by atoms with Crippen LogP contribution in [-0.4, -0.2) is 46.8 Å². The third kappa shape index (κ3) is 5.88. The lowest BCUT2D eigenvalue weighted by atomic mass is 10.1. The standard InChI is InChI=1S/C25H24ClN3O4/c26-23-16-22(29(31)32)10-11-24(23)33-18-20-6-8-21(9-7-20)25(30)28-14-12-27(13-15-28)17-19-4-2-1-3-5-19/h1-11,16H,12-15,17-18H2. The molecule has 1 amide bonds. The minimum Gasteiger partial charge on any atom is -0.487 e. The number of piperazine rings is 1. The number of hydrogen-bond acceptors (Lipinski definition) is 5. The van der Waals surface area contributed by atoms with Crippen molar-refractivity contribution in [3.05, 3.63) is 105 Å². The predicted molar refractivity (Wildman–Crippen MR) is 127 cm³/mol. The molecule has 3 aromatic carbocycles. The van der Waals surface area contributed by atoms with Gasteiger partial charge in [-0.15, -0.1) is 0 Å². The highest BCUT2D eigenvalue weighted by atomic mass is 35.5. The summed E-state index contributed by atoms with van der Waals surface area (Å²) in [7, 11) is 0. The molecule has 170 valence electrons. The van der Waals surface area contributed by atoms with Gasteiger partial charge >= 0.3 is 0 Å². The monoisotopic (exact) mass is 465 g/mol. The fourth-order valence-corrected chi connectivity index (χ4v) is 3.99. The zero-order valence-electron chi connectivity index (χ0n) is 18.0. The van der Waals surface area contributed by atoms with Crippen LogP contribution in [0.15, 0.2) is 72.8 Å². The number of carbonyl (C=O) groups is 1. The van der Waals surface area contributed by atoms with Gasteiger partial charge in [0.2, 0.25) is 0 Å². The summed E-state index contributed by atoms with van der Waals surface area (Å²) in [5, 5.41) is 11.0. The summed E-state index contributed by atoms with van der Waals surface area (Å²) in [6.07, 6.45) is 0. The first-order valence-electron chi connectivity index (χ1n) is 10.7. The Hall–Kier alpha value is -3.42. The van der Waals surface area contributed by atoms with Gasteiger partial charge in [0.1, 0.15) is 12.4 Å². The summed E-state index contributed by atoms with van der Waals surface area (Å²) >= 11 is 6.06. The van der Waals surface area contributed by atoms with E-state index in [2.05, 4.69) is 17.0 Å². The minimum atomic E-state index is -0.505. The van der Waals surface area contributed by atoms with Crippen molar-refractivity contribution in [2.75, 3.05) is 26.2 Å². The Balaban J connectivity index is 1.28. The molecule has 0 spiro atoms. The molecule has 1 saturated heterocycles. The van der Waals surface area contributed by atoms with E-state index in [1.807, 2.05) is 35.2 Å². The van der Waals surface area contributed by atoms with Gasteiger partial charge in [-0.3, -0.25) is 19.8 Å². The number of nitro benzene ring substituents is 1. The third-order valence-corrected chi connectivity index (χ3v) is 5.93. The van der Waals surface area contributed by atoms with Crippen LogP contribution in [0, 0.1) is 10.1 Å². The number of carbonyl (C=O) groups excluding carboxylic acids is 1. The molecule has 1 aliphatic heterocycles. The van der Waals surface area contributed by atoms with E-state index in [1.54, 1.807) is 12.1 Å². The summed E-state index contributed by atoms with van der Waals surface area (Å²) in [6.45, 7) is 4.25. The largest absolute Gasteiger partial charge is 0.487 e. The van der Waals surface area contributed by atoms with Crippen LogP contribution < -0.4 is 4.74 Å². The maximum Gasteiger partial charge on any atom is 0.271 e. The van der Waals surface area contributed by atoms with Gasteiger partial charge in [0.25, 0.3) is 11.6 Å². The lowest BCUT2D eigenvalue weighted by Gasteiger charge is -2.34. The summed E-state index contributed by atoms with van der Waals surface area (Å²) in [4.78, 5) is 27.4. The number of ether oxygens (including phenoxy) is 1. The first-order chi connectivity index (χ1) is 16.0. The van der Waals surface area contributed by atoms with Crippen molar-refractivity contribution < 1.29 is 14.5 Å². The molecule has 3 aromatic rings. The first kappa shape index (κ1) is 22.8. The molecule has 0 saturated carbocycles. The Kier molecular flexibility index (Phi) is 7.22. The summed E-state index contributed by atoms with van der Waals surface area (Å²) < 4.78 is 5.68. The number of nitro groups is 1. The molecule has 0 aromatic heterocycles. The van der Waals surface area contributed by atoms with Gasteiger partial charge in [-0.2, -0.15) is 0 Å². The van der Waals surface area contributed by atoms with E-state index in [-0.39, 0.29) is 23.2 Å². The molecule has 0 unspecified atom stereocenters. The van der Waals surface area contributed by atoms with E-state index >= 15 is 0 Å². The summed E-state index contributed by atoms with van der Waals surface area (Å²) in [5.41, 5.74) is 2.71. The second-order valence-corrected chi connectivity index (χ2v) is 8.32. The molecule has 0 aliphatic carbocycles. The normalized spacial score (nSPS) is 14.2. The van der Waals surface area contributed by atoms with E-state index in [0.717, 1.165) is 25.2 Å². The molecule has 0 N–H and O–H groups in total. The fraction of sp³-hybridized carbons (Fsp3) is 0.240. The lowest BCUT2D eigenvalue weighted by molar-refractivity contribution is -0.384. The molecule has 0 radical (unpaired) electrons. The Morgan fingerprint density at radius 1 is 0.939 bits per heavy atom. The Bertz CT molecular complexity index is 1110. The number of halogens is 1. The van der Waals surface area contributed by atoms with E-state index in [4.69, 9.17) is 16.3 Å². The van der Waals surface area contributed by atoms with Crippen molar-refractivity contribution in [2.24, 2.45) is 0 Å². The topological polar surface area (TPSA) is 75.9 Å². The molecule has 33 heavy (non-hydrogen) atoms. The average Bonchev–Trinajstić information content (AvgIpc) is 2.84. The number of nitrogens with zero attached hydrogens (tertiary/aromatic N) is 3. The summed E-state index contributed by atoms with van der Waals surface area (Å²) in [5.74, 6) is 0.399.